The van der Waals surface area contributed by atoms with Crippen LogP contribution in [0.1, 0.15) is 10.4 Å². The Kier molecular flexibility index (Phi) is 2.49. The monoisotopic (exact) mass is 258 g/mol. The first-order valence-electron chi connectivity index (χ1n) is 5.38. The SMILES string of the molecule is O=C(O)c1ccc2oc(-c3cncc(F)c3)nc2c1. The molecule has 1 aromatic carbocycles. The molecule has 0 radical (unpaired) electrons. The second-order valence-corrected chi connectivity index (χ2v) is 3.90. The number of carbonyl (C=O) groups is 1. The first-order chi connectivity index (χ1) is 9.13. The molecule has 3 aromatic rings. The van der Waals surface area contributed by atoms with Crippen LogP contribution < -0.4 is 0 Å². The van der Waals surface area contributed by atoms with Crippen molar-refractivity contribution >= 4 is 17.1 Å². The Labute approximate surface area is 106 Å². The molecule has 1 N–H and O–H groups in total. The molecule has 0 spiro atoms. The van der Waals surface area contributed by atoms with Gasteiger partial charge in [-0.15, -0.1) is 0 Å². The van der Waals surface area contributed by atoms with Crippen molar-refractivity contribution in [2.24, 2.45) is 0 Å². The Morgan fingerprint density at radius 3 is 2.84 bits per heavy atom. The van der Waals surface area contributed by atoms with Crippen LogP contribution in [-0.2, 0) is 0 Å². The average molecular weight is 258 g/mol. The zero-order valence-electron chi connectivity index (χ0n) is 9.50. The van der Waals surface area contributed by atoms with Gasteiger partial charge in [0.1, 0.15) is 11.3 Å². The number of aromatic nitrogens is 2. The van der Waals surface area contributed by atoms with Crippen molar-refractivity contribution in [3.05, 3.63) is 48.0 Å². The maximum atomic E-state index is 13.1. The van der Waals surface area contributed by atoms with Crippen molar-refractivity contribution in [1.82, 2.24) is 9.97 Å². The molecule has 19 heavy (non-hydrogen) atoms. The van der Waals surface area contributed by atoms with Crippen molar-refractivity contribution in [2.75, 3.05) is 0 Å². The predicted octanol–water partition coefficient (Wildman–Crippen LogP) is 2.73. The van der Waals surface area contributed by atoms with Crippen LogP contribution >= 0.6 is 0 Å². The van der Waals surface area contributed by atoms with Gasteiger partial charge in [0.05, 0.1) is 17.3 Å². The van der Waals surface area contributed by atoms with E-state index in [1.54, 1.807) is 0 Å². The molecule has 5 nitrogen and oxygen atoms in total. The van der Waals surface area contributed by atoms with E-state index in [1.165, 1.54) is 30.5 Å². The van der Waals surface area contributed by atoms with Crippen LogP contribution in [0, 0.1) is 5.82 Å². The van der Waals surface area contributed by atoms with Crippen molar-refractivity contribution in [3.63, 3.8) is 0 Å². The minimum Gasteiger partial charge on any atom is -0.478 e. The van der Waals surface area contributed by atoms with E-state index in [1.807, 2.05) is 0 Å². The van der Waals surface area contributed by atoms with E-state index in [4.69, 9.17) is 9.52 Å². The molecule has 0 saturated carbocycles. The number of fused-ring (bicyclic) bond motifs is 1. The van der Waals surface area contributed by atoms with E-state index in [9.17, 15) is 9.18 Å². The van der Waals surface area contributed by atoms with Crippen LogP contribution in [0.5, 0.6) is 0 Å². The van der Waals surface area contributed by atoms with E-state index in [2.05, 4.69) is 9.97 Å². The summed E-state index contributed by atoms with van der Waals surface area (Å²) in [7, 11) is 0. The summed E-state index contributed by atoms with van der Waals surface area (Å²) in [6.07, 6.45) is 2.50. The highest BCUT2D eigenvalue weighted by atomic mass is 19.1. The average Bonchev–Trinajstić information content (AvgIpc) is 2.81. The molecule has 0 aliphatic heterocycles. The van der Waals surface area contributed by atoms with Crippen LogP contribution in [0.25, 0.3) is 22.6 Å². The van der Waals surface area contributed by atoms with Gasteiger partial charge in [-0.2, -0.15) is 0 Å². The zero-order chi connectivity index (χ0) is 13.4. The molecule has 6 heteroatoms. The van der Waals surface area contributed by atoms with Gasteiger partial charge >= 0.3 is 5.97 Å². The van der Waals surface area contributed by atoms with Crippen molar-refractivity contribution in [3.8, 4) is 11.5 Å². The molecule has 0 fully saturated rings. The van der Waals surface area contributed by atoms with E-state index in [0.717, 1.165) is 6.20 Å². The molecule has 0 amide bonds. The standard InChI is InChI=1S/C13H7FN2O3/c14-9-3-8(5-15-6-9)12-16-10-4-7(13(17)18)1-2-11(10)19-12/h1-6H,(H,17,18). The fourth-order valence-corrected chi connectivity index (χ4v) is 1.71. The van der Waals surface area contributed by atoms with Crippen LogP contribution in [-0.4, -0.2) is 21.0 Å². The molecular formula is C13H7FN2O3. The van der Waals surface area contributed by atoms with Crippen LogP contribution in [0.15, 0.2) is 41.1 Å². The Hall–Kier alpha value is -2.76. The quantitative estimate of drug-likeness (QED) is 0.764. The number of rotatable bonds is 2. The Bertz CT molecular complexity index is 782. The van der Waals surface area contributed by atoms with E-state index in [0.29, 0.717) is 16.7 Å². The fourth-order valence-electron chi connectivity index (χ4n) is 1.71. The summed E-state index contributed by atoms with van der Waals surface area (Å²) in [5, 5.41) is 8.89. The Morgan fingerprint density at radius 1 is 1.26 bits per heavy atom. The highest BCUT2D eigenvalue weighted by Gasteiger charge is 2.11. The molecule has 0 unspecified atom stereocenters. The third-order valence-corrected chi connectivity index (χ3v) is 2.59. The first-order valence-corrected chi connectivity index (χ1v) is 5.38. The molecule has 3 rings (SSSR count). The number of hydrogen-bond donors (Lipinski definition) is 1. The van der Waals surface area contributed by atoms with E-state index >= 15 is 0 Å². The minimum atomic E-state index is -1.04. The predicted molar refractivity (Wildman–Crippen MR) is 64.2 cm³/mol. The smallest absolute Gasteiger partial charge is 0.335 e. The number of pyridine rings is 1. The van der Waals surface area contributed by atoms with Gasteiger partial charge in [0.15, 0.2) is 5.58 Å². The molecule has 0 aliphatic carbocycles. The van der Waals surface area contributed by atoms with Gasteiger partial charge in [0, 0.05) is 6.20 Å². The summed E-state index contributed by atoms with van der Waals surface area (Å²) < 4.78 is 18.5. The van der Waals surface area contributed by atoms with Gasteiger partial charge in [-0.05, 0) is 24.3 Å². The highest BCUT2D eigenvalue weighted by molar-refractivity contribution is 5.92. The van der Waals surface area contributed by atoms with Crippen LogP contribution in [0.4, 0.5) is 4.39 Å². The number of nitrogens with zero attached hydrogens (tertiary/aromatic N) is 2. The fraction of sp³-hybridized carbons (Fsp3) is 0. The van der Waals surface area contributed by atoms with E-state index < -0.39 is 11.8 Å². The molecule has 0 aliphatic rings. The number of aromatic carboxylic acids is 1. The second kappa shape index (κ2) is 4.16. The summed E-state index contributed by atoms with van der Waals surface area (Å²) in [4.78, 5) is 18.7. The lowest BCUT2D eigenvalue weighted by Crippen LogP contribution is -1.94. The van der Waals surface area contributed by atoms with Crippen molar-refractivity contribution in [2.45, 2.75) is 0 Å². The summed E-state index contributed by atoms with van der Waals surface area (Å²) in [6, 6.07) is 5.58. The molecule has 2 heterocycles. The summed E-state index contributed by atoms with van der Waals surface area (Å²) in [5.74, 6) is -1.34. The topological polar surface area (TPSA) is 76.2 Å². The Morgan fingerprint density at radius 2 is 2.11 bits per heavy atom. The lowest BCUT2D eigenvalue weighted by Gasteiger charge is -1.93. The number of benzene rings is 1. The zero-order valence-corrected chi connectivity index (χ0v) is 9.50. The third-order valence-electron chi connectivity index (χ3n) is 2.59. The number of carboxylic acid groups (broad SMARTS) is 1. The van der Waals surface area contributed by atoms with Crippen LogP contribution in [0.2, 0.25) is 0 Å². The van der Waals surface area contributed by atoms with E-state index in [-0.39, 0.29) is 11.5 Å². The number of oxazole rings is 1. The molecule has 0 saturated heterocycles. The maximum absolute atomic E-state index is 13.1. The molecule has 94 valence electrons. The normalized spacial score (nSPS) is 10.8. The second-order valence-electron chi connectivity index (χ2n) is 3.90. The summed E-state index contributed by atoms with van der Waals surface area (Å²) in [5.41, 5.74) is 1.35. The molecule has 2 aromatic heterocycles. The summed E-state index contributed by atoms with van der Waals surface area (Å²) >= 11 is 0. The molecule has 0 bridgehead atoms. The van der Waals surface area contributed by atoms with Gasteiger partial charge in [0.2, 0.25) is 5.89 Å². The Balaban J connectivity index is 2.14. The van der Waals surface area contributed by atoms with Crippen molar-refractivity contribution < 1.29 is 18.7 Å². The van der Waals surface area contributed by atoms with Gasteiger partial charge in [-0.25, -0.2) is 14.2 Å². The summed E-state index contributed by atoms with van der Waals surface area (Å²) in [6.45, 7) is 0. The van der Waals surface area contributed by atoms with Gasteiger partial charge in [-0.3, -0.25) is 4.98 Å². The third kappa shape index (κ3) is 2.03. The lowest BCUT2D eigenvalue weighted by molar-refractivity contribution is 0.0697. The highest BCUT2D eigenvalue weighted by Crippen LogP contribution is 2.24. The largest absolute Gasteiger partial charge is 0.478 e. The molecule has 0 atom stereocenters. The van der Waals surface area contributed by atoms with Crippen molar-refractivity contribution in [1.29, 1.82) is 0 Å². The minimum absolute atomic E-state index is 0.115. The number of hydrogen-bond acceptors (Lipinski definition) is 4. The number of halogens is 1. The van der Waals surface area contributed by atoms with Gasteiger partial charge in [0.25, 0.3) is 0 Å². The van der Waals surface area contributed by atoms with Gasteiger partial charge < -0.3 is 9.52 Å². The lowest BCUT2D eigenvalue weighted by atomic mass is 10.2. The molecular weight excluding hydrogens is 251 g/mol. The number of carboxylic acids is 1. The van der Waals surface area contributed by atoms with Gasteiger partial charge in [-0.1, -0.05) is 0 Å². The van der Waals surface area contributed by atoms with Crippen LogP contribution in [0.3, 0.4) is 0 Å². The maximum Gasteiger partial charge on any atom is 0.335 e. The first kappa shape index (κ1) is 11.3.